The fourth-order valence-corrected chi connectivity index (χ4v) is 2.52. The first-order valence-corrected chi connectivity index (χ1v) is 7.69. The third kappa shape index (κ3) is 3.33. The summed E-state index contributed by atoms with van der Waals surface area (Å²) in [5.74, 6) is 1.70. The van der Waals surface area contributed by atoms with Crippen molar-refractivity contribution in [1.29, 1.82) is 0 Å². The lowest BCUT2D eigenvalue weighted by molar-refractivity contribution is 0.0525. The minimum atomic E-state index is -0.336. The molecule has 0 aliphatic carbocycles. The molecule has 0 N–H and O–H groups in total. The number of furan rings is 1. The summed E-state index contributed by atoms with van der Waals surface area (Å²) in [6.07, 6.45) is 1.51. The van der Waals surface area contributed by atoms with Gasteiger partial charge in [0, 0.05) is 12.1 Å². The Morgan fingerprint density at radius 2 is 1.87 bits per heavy atom. The van der Waals surface area contributed by atoms with Crippen LogP contribution in [0.1, 0.15) is 36.9 Å². The minimum Gasteiger partial charge on any atom is -0.486 e. The Hall–Kier alpha value is -2.43. The standard InChI is InChI=1S/C18H21NO4/c1-18(2,3)19(17(20)15-5-4-8-21-15)12-13-6-7-14-16(11-13)23-10-9-22-14/h4-8,11H,9-10,12H2,1-3H3. The number of fused-ring (bicyclic) bond motifs is 1. The highest BCUT2D eigenvalue weighted by Gasteiger charge is 2.29. The van der Waals surface area contributed by atoms with Crippen molar-refractivity contribution in [3.05, 3.63) is 47.9 Å². The van der Waals surface area contributed by atoms with E-state index in [9.17, 15) is 4.79 Å². The van der Waals surface area contributed by atoms with Gasteiger partial charge < -0.3 is 18.8 Å². The molecule has 0 spiro atoms. The van der Waals surface area contributed by atoms with E-state index in [1.165, 1.54) is 6.26 Å². The van der Waals surface area contributed by atoms with Crippen molar-refractivity contribution < 1.29 is 18.7 Å². The van der Waals surface area contributed by atoms with Gasteiger partial charge in [-0.1, -0.05) is 6.07 Å². The monoisotopic (exact) mass is 315 g/mol. The van der Waals surface area contributed by atoms with Gasteiger partial charge in [0.25, 0.3) is 5.91 Å². The van der Waals surface area contributed by atoms with E-state index in [2.05, 4.69) is 0 Å². The number of nitrogens with zero attached hydrogens (tertiary/aromatic N) is 1. The molecular formula is C18H21NO4. The van der Waals surface area contributed by atoms with E-state index in [0.717, 1.165) is 17.1 Å². The summed E-state index contributed by atoms with van der Waals surface area (Å²) in [5.41, 5.74) is 0.654. The number of benzene rings is 1. The number of amides is 1. The van der Waals surface area contributed by atoms with Crippen LogP contribution in [-0.4, -0.2) is 29.6 Å². The summed E-state index contributed by atoms with van der Waals surface area (Å²) in [6, 6.07) is 9.19. The molecule has 0 unspecified atom stereocenters. The zero-order chi connectivity index (χ0) is 16.4. The van der Waals surface area contributed by atoms with Gasteiger partial charge in [-0.15, -0.1) is 0 Å². The van der Waals surface area contributed by atoms with E-state index in [1.54, 1.807) is 17.0 Å². The highest BCUT2D eigenvalue weighted by atomic mass is 16.6. The van der Waals surface area contributed by atoms with Crippen LogP contribution < -0.4 is 9.47 Å². The first kappa shape index (κ1) is 15.5. The smallest absolute Gasteiger partial charge is 0.290 e. The first-order chi connectivity index (χ1) is 10.9. The van der Waals surface area contributed by atoms with Crippen molar-refractivity contribution in [2.75, 3.05) is 13.2 Å². The molecule has 0 saturated heterocycles. The van der Waals surface area contributed by atoms with Gasteiger partial charge in [0.2, 0.25) is 0 Å². The second kappa shape index (κ2) is 5.99. The number of rotatable bonds is 3. The van der Waals surface area contributed by atoms with Crippen LogP contribution in [-0.2, 0) is 6.54 Å². The van der Waals surface area contributed by atoms with Gasteiger partial charge in [-0.05, 0) is 50.6 Å². The summed E-state index contributed by atoms with van der Waals surface area (Å²) in [7, 11) is 0. The van der Waals surface area contributed by atoms with Crippen molar-refractivity contribution in [3.8, 4) is 11.5 Å². The Labute approximate surface area is 135 Å². The van der Waals surface area contributed by atoms with E-state index in [-0.39, 0.29) is 11.4 Å². The van der Waals surface area contributed by atoms with Gasteiger partial charge in [-0.3, -0.25) is 4.79 Å². The Balaban J connectivity index is 1.86. The fraction of sp³-hybridized carbons (Fsp3) is 0.389. The molecule has 2 heterocycles. The number of hydrogen-bond donors (Lipinski definition) is 0. The van der Waals surface area contributed by atoms with Crippen LogP contribution in [0, 0.1) is 0 Å². The van der Waals surface area contributed by atoms with Gasteiger partial charge in [-0.2, -0.15) is 0 Å². The van der Waals surface area contributed by atoms with Crippen molar-refractivity contribution in [1.82, 2.24) is 4.90 Å². The third-order valence-corrected chi connectivity index (χ3v) is 3.73. The SMILES string of the molecule is CC(C)(C)N(Cc1ccc2c(c1)OCCO2)C(=O)c1ccco1. The van der Waals surface area contributed by atoms with E-state index in [4.69, 9.17) is 13.9 Å². The van der Waals surface area contributed by atoms with E-state index in [1.807, 2.05) is 39.0 Å². The fourth-order valence-electron chi connectivity index (χ4n) is 2.52. The molecule has 0 radical (unpaired) electrons. The Morgan fingerprint density at radius 3 is 2.52 bits per heavy atom. The lowest BCUT2D eigenvalue weighted by Gasteiger charge is -2.35. The molecule has 5 heteroatoms. The summed E-state index contributed by atoms with van der Waals surface area (Å²) in [5, 5.41) is 0. The Kier molecular flexibility index (Phi) is 4.03. The molecule has 122 valence electrons. The largest absolute Gasteiger partial charge is 0.486 e. The predicted octanol–water partition coefficient (Wildman–Crippen LogP) is 3.49. The minimum absolute atomic E-state index is 0.127. The molecule has 0 fully saturated rings. The van der Waals surface area contributed by atoms with Gasteiger partial charge in [0.05, 0.1) is 6.26 Å². The van der Waals surface area contributed by atoms with Crippen molar-refractivity contribution >= 4 is 5.91 Å². The Bertz CT molecular complexity index is 686. The normalized spacial score (nSPS) is 13.7. The van der Waals surface area contributed by atoms with Crippen LogP contribution in [0.4, 0.5) is 0 Å². The number of hydrogen-bond acceptors (Lipinski definition) is 4. The molecule has 3 rings (SSSR count). The van der Waals surface area contributed by atoms with E-state index >= 15 is 0 Å². The van der Waals surface area contributed by atoms with Crippen LogP contribution in [0.3, 0.4) is 0 Å². The molecule has 0 bridgehead atoms. The molecule has 1 amide bonds. The third-order valence-electron chi connectivity index (χ3n) is 3.73. The van der Waals surface area contributed by atoms with Gasteiger partial charge in [0.1, 0.15) is 13.2 Å². The maximum Gasteiger partial charge on any atom is 0.290 e. The lowest BCUT2D eigenvalue weighted by Crippen LogP contribution is -2.45. The second-order valence-electron chi connectivity index (χ2n) is 6.52. The van der Waals surface area contributed by atoms with Crippen LogP contribution in [0.15, 0.2) is 41.0 Å². The average molecular weight is 315 g/mol. The molecule has 5 nitrogen and oxygen atoms in total. The van der Waals surface area contributed by atoms with Crippen LogP contribution in [0.25, 0.3) is 0 Å². The predicted molar refractivity (Wildman–Crippen MR) is 85.8 cm³/mol. The number of carbonyl (C=O) groups excluding carboxylic acids is 1. The molecule has 0 atom stereocenters. The zero-order valence-corrected chi connectivity index (χ0v) is 13.7. The average Bonchev–Trinajstić information content (AvgIpc) is 3.05. The molecule has 2 aromatic rings. The van der Waals surface area contributed by atoms with Crippen molar-refractivity contribution in [2.24, 2.45) is 0 Å². The highest BCUT2D eigenvalue weighted by molar-refractivity contribution is 5.91. The van der Waals surface area contributed by atoms with E-state index < -0.39 is 0 Å². The molecule has 0 saturated carbocycles. The quantitative estimate of drug-likeness (QED) is 0.870. The maximum absolute atomic E-state index is 12.7. The molecule has 1 aromatic carbocycles. The van der Waals surface area contributed by atoms with E-state index in [0.29, 0.717) is 25.5 Å². The van der Waals surface area contributed by atoms with Gasteiger partial charge in [-0.25, -0.2) is 0 Å². The first-order valence-electron chi connectivity index (χ1n) is 7.69. The van der Waals surface area contributed by atoms with Gasteiger partial charge in [0.15, 0.2) is 17.3 Å². The zero-order valence-electron chi connectivity index (χ0n) is 13.7. The lowest BCUT2D eigenvalue weighted by atomic mass is 10.0. The van der Waals surface area contributed by atoms with Crippen LogP contribution in [0.2, 0.25) is 0 Å². The van der Waals surface area contributed by atoms with Crippen molar-refractivity contribution in [2.45, 2.75) is 32.9 Å². The van der Waals surface area contributed by atoms with Crippen molar-refractivity contribution in [3.63, 3.8) is 0 Å². The Morgan fingerprint density at radius 1 is 1.13 bits per heavy atom. The number of ether oxygens (including phenoxy) is 2. The van der Waals surface area contributed by atoms with Gasteiger partial charge >= 0.3 is 0 Å². The molecule has 1 aliphatic rings. The summed E-state index contributed by atoms with van der Waals surface area (Å²) in [6.45, 7) is 7.60. The highest BCUT2D eigenvalue weighted by Crippen LogP contribution is 2.32. The summed E-state index contributed by atoms with van der Waals surface area (Å²) >= 11 is 0. The summed E-state index contributed by atoms with van der Waals surface area (Å²) in [4.78, 5) is 14.5. The summed E-state index contributed by atoms with van der Waals surface area (Å²) < 4.78 is 16.4. The van der Waals surface area contributed by atoms with Crippen LogP contribution in [0.5, 0.6) is 11.5 Å². The molecular weight excluding hydrogens is 294 g/mol. The molecule has 23 heavy (non-hydrogen) atoms. The second-order valence-corrected chi connectivity index (χ2v) is 6.52. The topological polar surface area (TPSA) is 51.9 Å². The molecule has 1 aromatic heterocycles. The number of carbonyl (C=O) groups is 1. The maximum atomic E-state index is 12.7. The molecule has 1 aliphatic heterocycles. The van der Waals surface area contributed by atoms with Crippen LogP contribution >= 0.6 is 0 Å².